The summed E-state index contributed by atoms with van der Waals surface area (Å²) in [5, 5.41) is 57.4. The molecule has 33 heavy (non-hydrogen) atoms. The molecule has 1 saturated heterocycles. The molecule has 0 aromatic heterocycles. The maximum Gasteiger partial charge on any atom is 0.187 e. The molecule has 0 bridgehead atoms. The fourth-order valence-corrected chi connectivity index (χ4v) is 4.93. The van der Waals surface area contributed by atoms with Crippen molar-refractivity contribution in [1.29, 1.82) is 0 Å². The van der Waals surface area contributed by atoms with Gasteiger partial charge in [0.1, 0.15) is 17.3 Å². The highest BCUT2D eigenvalue weighted by Crippen LogP contribution is 2.48. The number of aliphatic hydroxyl groups excluding tert-OH is 2. The lowest BCUT2D eigenvalue weighted by Crippen LogP contribution is -2.82. The second kappa shape index (κ2) is 9.35. The largest absolute Gasteiger partial charge is 0.394 e. The van der Waals surface area contributed by atoms with Gasteiger partial charge in [-0.3, -0.25) is 0 Å². The molecule has 0 radical (unpaired) electrons. The van der Waals surface area contributed by atoms with E-state index in [-0.39, 0.29) is 19.3 Å². The first kappa shape index (κ1) is 23.6. The Balaban J connectivity index is 1.87. The molecule has 5 atom stereocenters. The van der Waals surface area contributed by atoms with Crippen LogP contribution in [0.3, 0.4) is 0 Å². The van der Waals surface area contributed by atoms with Gasteiger partial charge in [-0.1, -0.05) is 91.0 Å². The van der Waals surface area contributed by atoms with Gasteiger partial charge in [0.15, 0.2) is 11.9 Å². The average molecular weight is 451 g/mol. The van der Waals surface area contributed by atoms with Gasteiger partial charge in [0.2, 0.25) is 0 Å². The van der Waals surface area contributed by atoms with Crippen molar-refractivity contribution in [2.75, 3.05) is 6.61 Å². The summed E-state index contributed by atoms with van der Waals surface area (Å²) in [6.45, 7) is -0.654. The topological polar surface area (TPSA) is 110 Å². The lowest BCUT2D eigenvalue weighted by Gasteiger charge is -2.60. The van der Waals surface area contributed by atoms with Gasteiger partial charge in [0.25, 0.3) is 0 Å². The molecule has 0 spiro atoms. The van der Waals surface area contributed by atoms with Gasteiger partial charge < -0.3 is 30.3 Å². The van der Waals surface area contributed by atoms with Gasteiger partial charge in [-0.2, -0.15) is 0 Å². The molecule has 0 saturated carbocycles. The van der Waals surface area contributed by atoms with Crippen molar-refractivity contribution >= 4 is 0 Å². The van der Waals surface area contributed by atoms with E-state index in [1.54, 1.807) is 72.8 Å². The molecular formula is C27H30O6. The first-order valence-electron chi connectivity index (χ1n) is 11.1. The smallest absolute Gasteiger partial charge is 0.187 e. The number of rotatable bonds is 7. The van der Waals surface area contributed by atoms with Gasteiger partial charge >= 0.3 is 0 Å². The monoisotopic (exact) mass is 450 g/mol. The zero-order valence-electron chi connectivity index (χ0n) is 18.3. The van der Waals surface area contributed by atoms with Crippen molar-refractivity contribution in [3.05, 3.63) is 108 Å². The van der Waals surface area contributed by atoms with Crippen LogP contribution in [0.4, 0.5) is 0 Å². The minimum absolute atomic E-state index is 0.105. The van der Waals surface area contributed by atoms with Crippen LogP contribution in [-0.4, -0.2) is 61.3 Å². The first-order valence-corrected chi connectivity index (χ1v) is 11.1. The van der Waals surface area contributed by atoms with Crippen LogP contribution in [-0.2, 0) is 24.0 Å². The Morgan fingerprint density at radius 2 is 1.00 bits per heavy atom. The van der Waals surface area contributed by atoms with Crippen LogP contribution in [0.25, 0.3) is 0 Å². The average Bonchev–Trinajstić information content (AvgIpc) is 2.83. The molecule has 0 unspecified atom stereocenters. The molecule has 174 valence electrons. The summed E-state index contributed by atoms with van der Waals surface area (Å²) in [5.41, 5.74) is -4.69. The summed E-state index contributed by atoms with van der Waals surface area (Å²) in [4.78, 5) is 0. The Morgan fingerprint density at radius 3 is 1.42 bits per heavy atom. The predicted molar refractivity (Wildman–Crippen MR) is 123 cm³/mol. The molecule has 4 rings (SSSR count). The van der Waals surface area contributed by atoms with Crippen LogP contribution in [0.15, 0.2) is 91.0 Å². The lowest BCUT2D eigenvalue weighted by molar-refractivity contribution is -0.395. The third-order valence-corrected chi connectivity index (χ3v) is 6.77. The highest BCUT2D eigenvalue weighted by Gasteiger charge is 2.71. The molecule has 3 aromatic carbocycles. The first-order chi connectivity index (χ1) is 15.8. The molecule has 6 heteroatoms. The SMILES string of the molecule is OC[C@H]1O[C@H](O)[C@@](O)(Cc2ccccc2)[C@](O)(Cc2ccccc2)[C@@]1(O)Cc1ccccc1. The fourth-order valence-electron chi connectivity index (χ4n) is 4.93. The molecule has 1 heterocycles. The highest BCUT2D eigenvalue weighted by atomic mass is 16.6. The third-order valence-electron chi connectivity index (χ3n) is 6.77. The summed E-state index contributed by atoms with van der Waals surface area (Å²) in [6, 6.07) is 26.9. The predicted octanol–water partition coefficient (Wildman–Crippen LogP) is 1.62. The normalized spacial score (nSPS) is 31.9. The van der Waals surface area contributed by atoms with Gasteiger partial charge in [-0.05, 0) is 16.7 Å². The number of ether oxygens (including phenoxy) is 1. The van der Waals surface area contributed by atoms with Crippen LogP contribution in [0.1, 0.15) is 16.7 Å². The number of aliphatic hydroxyl groups is 5. The minimum atomic E-state index is -2.28. The summed E-state index contributed by atoms with van der Waals surface area (Å²) in [7, 11) is 0. The standard InChI is InChI=1S/C27H30O6/c28-19-23-25(30,16-20-10-4-1-5-11-20)27(32,18-22-14-8-3-9-15-22)26(31,24(29)33-23)17-21-12-6-2-7-13-21/h1-15,23-24,28-32H,16-19H2/t23-,24+,25-,26+,27+/m1/s1. The van der Waals surface area contributed by atoms with Gasteiger partial charge in [-0.25, -0.2) is 0 Å². The number of hydrogen-bond acceptors (Lipinski definition) is 6. The zero-order chi connectivity index (χ0) is 23.5. The van der Waals surface area contributed by atoms with Gasteiger partial charge in [0.05, 0.1) is 6.61 Å². The Bertz CT molecular complexity index is 1030. The van der Waals surface area contributed by atoms with E-state index in [4.69, 9.17) is 4.74 Å². The summed E-state index contributed by atoms with van der Waals surface area (Å²) in [6.07, 6.45) is -3.63. The Kier molecular flexibility index (Phi) is 6.68. The van der Waals surface area contributed by atoms with Crippen LogP contribution >= 0.6 is 0 Å². The fraction of sp³-hybridized carbons (Fsp3) is 0.333. The molecule has 1 aliphatic heterocycles. The van der Waals surface area contributed by atoms with Crippen LogP contribution < -0.4 is 0 Å². The third kappa shape index (κ3) is 4.22. The lowest BCUT2D eigenvalue weighted by atomic mass is 9.60. The molecule has 0 amide bonds. The quantitative estimate of drug-likeness (QED) is 0.374. The molecule has 6 nitrogen and oxygen atoms in total. The molecule has 5 N–H and O–H groups in total. The second-order valence-electron chi connectivity index (χ2n) is 8.86. The molecule has 1 aliphatic rings. The Labute approximate surface area is 193 Å². The van der Waals surface area contributed by atoms with Crippen LogP contribution in [0.2, 0.25) is 0 Å². The summed E-state index contributed by atoms with van der Waals surface area (Å²) in [5.74, 6) is 0. The van der Waals surface area contributed by atoms with E-state index >= 15 is 0 Å². The molecular weight excluding hydrogens is 420 g/mol. The van der Waals surface area contributed by atoms with E-state index in [0.29, 0.717) is 16.7 Å². The van der Waals surface area contributed by atoms with E-state index in [9.17, 15) is 25.5 Å². The van der Waals surface area contributed by atoms with Gasteiger partial charge in [0, 0.05) is 19.3 Å². The van der Waals surface area contributed by atoms with Crippen molar-refractivity contribution in [2.45, 2.75) is 48.5 Å². The Morgan fingerprint density at radius 1 is 0.606 bits per heavy atom. The van der Waals surface area contributed by atoms with E-state index in [2.05, 4.69) is 0 Å². The maximum atomic E-state index is 12.3. The van der Waals surface area contributed by atoms with Gasteiger partial charge in [-0.15, -0.1) is 0 Å². The number of hydrogen-bond donors (Lipinski definition) is 5. The van der Waals surface area contributed by atoms with Crippen molar-refractivity contribution < 1.29 is 30.3 Å². The highest BCUT2D eigenvalue weighted by molar-refractivity contribution is 5.32. The van der Waals surface area contributed by atoms with Crippen molar-refractivity contribution in [3.63, 3.8) is 0 Å². The van der Waals surface area contributed by atoms with E-state index in [1.807, 2.05) is 18.2 Å². The number of benzene rings is 3. The van der Waals surface area contributed by atoms with Crippen molar-refractivity contribution in [2.24, 2.45) is 0 Å². The minimum Gasteiger partial charge on any atom is -0.394 e. The molecule has 3 aromatic rings. The van der Waals surface area contributed by atoms with E-state index in [1.165, 1.54) is 0 Å². The molecule has 0 aliphatic carbocycles. The summed E-state index contributed by atoms with van der Waals surface area (Å²) < 4.78 is 5.59. The van der Waals surface area contributed by atoms with Crippen molar-refractivity contribution in [3.8, 4) is 0 Å². The maximum absolute atomic E-state index is 12.3. The Hall–Kier alpha value is -2.58. The zero-order valence-corrected chi connectivity index (χ0v) is 18.3. The van der Waals surface area contributed by atoms with E-state index in [0.717, 1.165) is 0 Å². The summed E-state index contributed by atoms with van der Waals surface area (Å²) >= 11 is 0. The van der Waals surface area contributed by atoms with Crippen LogP contribution in [0.5, 0.6) is 0 Å². The molecule has 1 fully saturated rings. The second-order valence-corrected chi connectivity index (χ2v) is 8.86. The van der Waals surface area contributed by atoms with Crippen LogP contribution in [0, 0.1) is 0 Å². The van der Waals surface area contributed by atoms with E-state index < -0.39 is 35.8 Å². The van der Waals surface area contributed by atoms with Crippen molar-refractivity contribution in [1.82, 2.24) is 0 Å².